The van der Waals surface area contributed by atoms with Gasteiger partial charge in [0.2, 0.25) is 0 Å². The van der Waals surface area contributed by atoms with Crippen molar-refractivity contribution in [2.75, 3.05) is 7.11 Å². The molecule has 19 heavy (non-hydrogen) atoms. The summed E-state index contributed by atoms with van der Waals surface area (Å²) in [6.45, 7) is 2.06. The Morgan fingerprint density at radius 1 is 1.26 bits per heavy atom. The van der Waals surface area contributed by atoms with Crippen molar-refractivity contribution in [2.24, 2.45) is 5.73 Å². The van der Waals surface area contributed by atoms with Crippen LogP contribution in [-0.4, -0.2) is 12.1 Å². The molecule has 1 unspecified atom stereocenters. The lowest BCUT2D eigenvalue weighted by Gasteiger charge is -2.16. The lowest BCUT2D eigenvalue weighted by molar-refractivity contribution is 0.404. The highest BCUT2D eigenvalue weighted by molar-refractivity contribution is 5.39. The molecule has 0 radical (unpaired) electrons. The first-order valence-electron chi connectivity index (χ1n) is 6.50. The third-order valence-electron chi connectivity index (χ3n) is 3.22. The first-order chi connectivity index (χ1) is 9.20. The molecule has 3 nitrogen and oxygen atoms in total. The lowest BCUT2D eigenvalue weighted by Crippen LogP contribution is -2.13. The summed E-state index contributed by atoms with van der Waals surface area (Å²) in [6.07, 6.45) is 3.55. The van der Waals surface area contributed by atoms with Gasteiger partial charge in [-0.25, -0.2) is 0 Å². The van der Waals surface area contributed by atoms with Crippen LogP contribution in [0.15, 0.2) is 42.6 Å². The number of hydrogen-bond donors (Lipinski definition) is 1. The molecule has 1 aromatic heterocycles. The average Bonchev–Trinajstić information content (AvgIpc) is 2.46. The van der Waals surface area contributed by atoms with E-state index < -0.39 is 0 Å². The van der Waals surface area contributed by atoms with Gasteiger partial charge in [0.15, 0.2) is 0 Å². The largest absolute Gasteiger partial charge is 0.496 e. The highest BCUT2D eigenvalue weighted by atomic mass is 16.5. The molecule has 0 aliphatic rings. The molecule has 0 amide bonds. The van der Waals surface area contributed by atoms with Gasteiger partial charge >= 0.3 is 0 Å². The minimum absolute atomic E-state index is 0.0307. The second-order valence-electron chi connectivity index (χ2n) is 4.71. The molecule has 0 saturated heterocycles. The number of aryl methyl sites for hydroxylation is 2. The van der Waals surface area contributed by atoms with Crippen molar-refractivity contribution in [1.82, 2.24) is 4.98 Å². The molecule has 0 fully saturated rings. The second kappa shape index (κ2) is 6.34. The summed E-state index contributed by atoms with van der Waals surface area (Å²) >= 11 is 0. The van der Waals surface area contributed by atoms with Gasteiger partial charge in [-0.15, -0.1) is 0 Å². The molecule has 0 bridgehead atoms. The molecule has 0 aliphatic carbocycles. The number of pyridine rings is 1. The highest BCUT2D eigenvalue weighted by Gasteiger charge is 2.12. The normalized spacial score (nSPS) is 12.2. The standard InChI is InChI=1S/C16H20N2O/c1-12-6-9-16(19-2)14(11-12)15(17)8-7-13-5-3-4-10-18-13/h3-6,9-11,15H,7-8,17H2,1-2H3. The van der Waals surface area contributed by atoms with Crippen LogP contribution in [0.1, 0.15) is 29.3 Å². The zero-order valence-corrected chi connectivity index (χ0v) is 11.5. The Labute approximate surface area is 114 Å². The Hall–Kier alpha value is -1.87. The van der Waals surface area contributed by atoms with Crippen molar-refractivity contribution in [3.8, 4) is 5.75 Å². The van der Waals surface area contributed by atoms with E-state index in [4.69, 9.17) is 10.5 Å². The number of benzene rings is 1. The number of ether oxygens (including phenoxy) is 1. The molecule has 2 rings (SSSR count). The molecule has 2 N–H and O–H groups in total. The van der Waals surface area contributed by atoms with E-state index in [1.54, 1.807) is 7.11 Å². The Bertz CT molecular complexity index is 526. The summed E-state index contributed by atoms with van der Waals surface area (Å²) in [6, 6.07) is 12.0. The highest BCUT2D eigenvalue weighted by Crippen LogP contribution is 2.27. The molecular formula is C16H20N2O. The van der Waals surface area contributed by atoms with Crippen LogP contribution in [0.4, 0.5) is 0 Å². The van der Waals surface area contributed by atoms with Gasteiger partial charge in [-0.2, -0.15) is 0 Å². The smallest absolute Gasteiger partial charge is 0.123 e. The van der Waals surface area contributed by atoms with Crippen molar-refractivity contribution in [2.45, 2.75) is 25.8 Å². The minimum Gasteiger partial charge on any atom is -0.496 e. The Morgan fingerprint density at radius 3 is 2.79 bits per heavy atom. The summed E-state index contributed by atoms with van der Waals surface area (Å²) < 4.78 is 5.38. The van der Waals surface area contributed by atoms with E-state index in [0.29, 0.717) is 0 Å². The second-order valence-corrected chi connectivity index (χ2v) is 4.71. The zero-order valence-electron chi connectivity index (χ0n) is 11.5. The monoisotopic (exact) mass is 256 g/mol. The molecule has 100 valence electrons. The van der Waals surface area contributed by atoms with Gasteiger partial charge < -0.3 is 10.5 Å². The minimum atomic E-state index is -0.0307. The van der Waals surface area contributed by atoms with Crippen LogP contribution in [0.3, 0.4) is 0 Å². The van der Waals surface area contributed by atoms with E-state index in [1.165, 1.54) is 5.56 Å². The quantitative estimate of drug-likeness (QED) is 0.894. The Balaban J connectivity index is 2.07. The lowest BCUT2D eigenvalue weighted by atomic mass is 9.99. The van der Waals surface area contributed by atoms with E-state index in [1.807, 2.05) is 36.5 Å². The number of rotatable bonds is 5. The van der Waals surface area contributed by atoms with Gasteiger partial charge in [0.25, 0.3) is 0 Å². The van der Waals surface area contributed by atoms with Gasteiger partial charge in [-0.1, -0.05) is 23.8 Å². The van der Waals surface area contributed by atoms with Crippen LogP contribution in [0.2, 0.25) is 0 Å². The van der Waals surface area contributed by atoms with Crippen molar-refractivity contribution in [1.29, 1.82) is 0 Å². The van der Waals surface area contributed by atoms with Crippen LogP contribution in [0.25, 0.3) is 0 Å². The van der Waals surface area contributed by atoms with Crippen LogP contribution in [0, 0.1) is 6.92 Å². The first-order valence-corrected chi connectivity index (χ1v) is 6.50. The third kappa shape index (κ3) is 3.55. The fourth-order valence-electron chi connectivity index (χ4n) is 2.15. The number of nitrogens with two attached hydrogens (primary N) is 1. The summed E-state index contributed by atoms with van der Waals surface area (Å²) in [7, 11) is 1.68. The molecule has 0 aliphatic heterocycles. The fourth-order valence-corrected chi connectivity index (χ4v) is 2.15. The predicted octanol–water partition coefficient (Wildman–Crippen LogP) is 3.03. The fraction of sp³-hybridized carbons (Fsp3) is 0.312. The molecule has 0 spiro atoms. The van der Waals surface area contributed by atoms with Crippen molar-refractivity contribution in [3.63, 3.8) is 0 Å². The number of nitrogens with zero attached hydrogens (tertiary/aromatic N) is 1. The number of aromatic nitrogens is 1. The summed E-state index contributed by atoms with van der Waals surface area (Å²) in [5, 5.41) is 0. The number of hydrogen-bond acceptors (Lipinski definition) is 3. The predicted molar refractivity (Wildman–Crippen MR) is 77.2 cm³/mol. The van der Waals surface area contributed by atoms with Crippen LogP contribution < -0.4 is 10.5 Å². The van der Waals surface area contributed by atoms with E-state index in [0.717, 1.165) is 29.8 Å². The summed E-state index contributed by atoms with van der Waals surface area (Å²) in [5.74, 6) is 0.860. The maximum atomic E-state index is 6.28. The topological polar surface area (TPSA) is 48.1 Å². The molecule has 2 aromatic rings. The first kappa shape index (κ1) is 13.6. The van der Waals surface area contributed by atoms with Crippen LogP contribution >= 0.6 is 0 Å². The summed E-state index contributed by atoms with van der Waals surface area (Å²) in [5.41, 5.74) is 9.62. The Kier molecular flexibility index (Phi) is 4.53. The van der Waals surface area contributed by atoms with Gasteiger partial charge in [0.1, 0.15) is 5.75 Å². The molecule has 1 heterocycles. The van der Waals surface area contributed by atoms with E-state index in [2.05, 4.69) is 18.0 Å². The summed E-state index contributed by atoms with van der Waals surface area (Å²) in [4.78, 5) is 4.32. The number of methoxy groups -OCH3 is 1. The maximum Gasteiger partial charge on any atom is 0.123 e. The van der Waals surface area contributed by atoms with Crippen LogP contribution in [-0.2, 0) is 6.42 Å². The molecule has 0 saturated carbocycles. The average molecular weight is 256 g/mol. The van der Waals surface area contributed by atoms with Gasteiger partial charge in [-0.3, -0.25) is 4.98 Å². The SMILES string of the molecule is COc1ccc(C)cc1C(N)CCc1ccccn1. The molecule has 1 aromatic carbocycles. The van der Waals surface area contributed by atoms with Gasteiger partial charge in [0.05, 0.1) is 7.11 Å². The van der Waals surface area contributed by atoms with Crippen molar-refractivity contribution < 1.29 is 4.74 Å². The van der Waals surface area contributed by atoms with E-state index in [9.17, 15) is 0 Å². The molecule has 1 atom stereocenters. The Morgan fingerprint density at radius 2 is 2.11 bits per heavy atom. The third-order valence-corrected chi connectivity index (χ3v) is 3.22. The maximum absolute atomic E-state index is 6.28. The van der Waals surface area contributed by atoms with E-state index in [-0.39, 0.29) is 6.04 Å². The van der Waals surface area contributed by atoms with E-state index >= 15 is 0 Å². The molecular weight excluding hydrogens is 236 g/mol. The molecule has 3 heteroatoms. The van der Waals surface area contributed by atoms with Crippen LogP contribution in [0.5, 0.6) is 5.75 Å². The van der Waals surface area contributed by atoms with Gasteiger partial charge in [0, 0.05) is 23.5 Å². The zero-order chi connectivity index (χ0) is 13.7. The van der Waals surface area contributed by atoms with Crippen molar-refractivity contribution in [3.05, 3.63) is 59.4 Å². The van der Waals surface area contributed by atoms with Gasteiger partial charge in [-0.05, 0) is 38.0 Å². The van der Waals surface area contributed by atoms with Crippen molar-refractivity contribution >= 4 is 0 Å².